The minimum absolute atomic E-state index is 0.0766. The Bertz CT molecular complexity index is 1220. The van der Waals surface area contributed by atoms with Crippen molar-refractivity contribution in [3.8, 4) is 0 Å². The summed E-state index contributed by atoms with van der Waals surface area (Å²) in [6, 6.07) is 12.9. The minimum Gasteiger partial charge on any atom is -0.509 e. The molecule has 2 aromatic carbocycles. The molecule has 0 bridgehead atoms. The van der Waals surface area contributed by atoms with Gasteiger partial charge in [0.2, 0.25) is 0 Å². The predicted octanol–water partition coefficient (Wildman–Crippen LogP) is 4.60. The van der Waals surface area contributed by atoms with Crippen LogP contribution in [0.15, 0.2) is 48.2 Å². The number of esters is 1. The van der Waals surface area contributed by atoms with Gasteiger partial charge in [0.05, 0.1) is 34.8 Å². The van der Waals surface area contributed by atoms with E-state index in [1.54, 1.807) is 23.1 Å². The molecule has 0 aliphatic carbocycles. The van der Waals surface area contributed by atoms with E-state index in [-0.39, 0.29) is 24.2 Å². The summed E-state index contributed by atoms with van der Waals surface area (Å²) in [5.74, 6) is 0.357. The van der Waals surface area contributed by atoms with Gasteiger partial charge in [-0.05, 0) is 56.2 Å². The molecule has 160 valence electrons. The van der Waals surface area contributed by atoms with Crippen LogP contribution in [0.4, 0.5) is 5.69 Å². The second-order valence-electron chi connectivity index (χ2n) is 7.92. The van der Waals surface area contributed by atoms with Crippen LogP contribution >= 0.6 is 0 Å². The first kappa shape index (κ1) is 20.7. The number of aliphatic hydroxyl groups excluding tert-OH is 1. The van der Waals surface area contributed by atoms with Crippen LogP contribution in [-0.2, 0) is 11.8 Å². The van der Waals surface area contributed by atoms with Gasteiger partial charge >= 0.3 is 5.97 Å². The smallest absolute Gasteiger partial charge is 0.338 e. The van der Waals surface area contributed by atoms with E-state index in [1.165, 1.54) is 0 Å². The molecule has 4 rings (SSSR count). The zero-order valence-corrected chi connectivity index (χ0v) is 18.1. The minimum atomic E-state index is -0.398. The zero-order chi connectivity index (χ0) is 22.3. The van der Waals surface area contributed by atoms with E-state index in [2.05, 4.69) is 4.98 Å². The molecular weight excluding hydrogens is 392 g/mol. The monoisotopic (exact) mass is 418 g/mol. The van der Waals surface area contributed by atoms with Crippen LogP contribution in [0.5, 0.6) is 0 Å². The highest BCUT2D eigenvalue weighted by Gasteiger charge is 2.32. The number of aromatic nitrogens is 2. The molecule has 7 heteroatoms. The largest absolute Gasteiger partial charge is 0.509 e. The van der Waals surface area contributed by atoms with Gasteiger partial charge in [-0.1, -0.05) is 19.1 Å². The molecule has 0 radical (unpaired) electrons. The van der Waals surface area contributed by atoms with Crippen molar-refractivity contribution in [2.24, 2.45) is 7.05 Å². The van der Waals surface area contributed by atoms with Crippen LogP contribution in [0.2, 0.25) is 0 Å². The average Bonchev–Trinajstić information content (AvgIpc) is 3.22. The van der Waals surface area contributed by atoms with Gasteiger partial charge in [0.25, 0.3) is 0 Å². The van der Waals surface area contributed by atoms with Crippen LogP contribution in [0.3, 0.4) is 0 Å². The van der Waals surface area contributed by atoms with Crippen molar-refractivity contribution in [3.05, 3.63) is 65.2 Å². The maximum Gasteiger partial charge on any atom is 0.338 e. The van der Waals surface area contributed by atoms with Crippen molar-refractivity contribution in [3.63, 3.8) is 0 Å². The summed E-state index contributed by atoms with van der Waals surface area (Å²) in [4.78, 5) is 18.8. The maximum absolute atomic E-state index is 12.4. The number of carbonyl (C=O) groups is 1. The SMILES string of the molecule is CCC(C)OC(=O)c1cccc(N2CC(O)=C(c3nc4cc(C)ccc4n3C)C2=N)c1. The molecule has 1 atom stereocenters. The van der Waals surface area contributed by atoms with Crippen LogP contribution in [0.25, 0.3) is 16.6 Å². The van der Waals surface area contributed by atoms with Crippen molar-refractivity contribution in [2.75, 3.05) is 11.4 Å². The normalized spacial score (nSPS) is 15.1. The van der Waals surface area contributed by atoms with Crippen LogP contribution in [-0.4, -0.2) is 39.1 Å². The number of rotatable bonds is 5. The number of fused-ring (bicyclic) bond motifs is 1. The summed E-state index contributed by atoms with van der Waals surface area (Å²) in [6.45, 7) is 5.95. The average molecular weight is 418 g/mol. The fourth-order valence-corrected chi connectivity index (χ4v) is 3.70. The molecule has 1 aliphatic rings. The van der Waals surface area contributed by atoms with Crippen LogP contribution in [0, 0.1) is 12.3 Å². The molecule has 3 aromatic rings. The van der Waals surface area contributed by atoms with Crippen molar-refractivity contribution in [1.82, 2.24) is 9.55 Å². The number of nitrogens with zero attached hydrogens (tertiary/aromatic N) is 3. The number of benzene rings is 2. The summed E-state index contributed by atoms with van der Waals surface area (Å²) in [5, 5.41) is 19.5. The van der Waals surface area contributed by atoms with E-state index in [9.17, 15) is 9.90 Å². The molecule has 1 aliphatic heterocycles. The standard InChI is InChI=1S/C24H26N4O3/c1-5-15(3)31-24(30)16-7-6-8-17(12-16)28-13-20(29)21(22(28)25)23-26-18-11-14(2)9-10-19(18)27(23)4/h6-12,15,25,29H,5,13H2,1-4H3. The number of carbonyl (C=O) groups excluding carboxylic acids is 1. The van der Waals surface area contributed by atoms with Gasteiger partial charge in [0.15, 0.2) is 0 Å². The first-order valence-electron chi connectivity index (χ1n) is 10.3. The Balaban J connectivity index is 1.65. The fraction of sp³-hybridized carbons (Fsp3) is 0.292. The van der Waals surface area contributed by atoms with Crippen molar-refractivity contribution < 1.29 is 14.6 Å². The van der Waals surface area contributed by atoms with Gasteiger partial charge in [-0.2, -0.15) is 0 Å². The van der Waals surface area contributed by atoms with E-state index in [1.807, 2.05) is 56.7 Å². The van der Waals surface area contributed by atoms with E-state index in [0.717, 1.165) is 23.0 Å². The number of anilines is 1. The number of aliphatic hydroxyl groups is 1. The number of imidazole rings is 1. The number of ether oxygens (including phenoxy) is 1. The number of hydrogen-bond acceptors (Lipinski definition) is 5. The molecule has 1 unspecified atom stereocenters. The zero-order valence-electron chi connectivity index (χ0n) is 18.1. The van der Waals surface area contributed by atoms with Crippen molar-refractivity contribution >= 4 is 34.1 Å². The lowest BCUT2D eigenvalue weighted by Crippen LogP contribution is -2.26. The number of nitrogens with one attached hydrogen (secondary N) is 1. The molecule has 1 aromatic heterocycles. The molecule has 2 N–H and O–H groups in total. The Morgan fingerprint density at radius 1 is 1.29 bits per heavy atom. The Labute approximate surface area is 181 Å². The second-order valence-corrected chi connectivity index (χ2v) is 7.92. The molecule has 31 heavy (non-hydrogen) atoms. The van der Waals surface area contributed by atoms with E-state index >= 15 is 0 Å². The first-order chi connectivity index (χ1) is 14.8. The summed E-state index contributed by atoms with van der Waals surface area (Å²) >= 11 is 0. The van der Waals surface area contributed by atoms with E-state index < -0.39 is 5.97 Å². The maximum atomic E-state index is 12.4. The summed E-state index contributed by atoms with van der Waals surface area (Å²) < 4.78 is 7.30. The molecule has 0 fully saturated rings. The summed E-state index contributed by atoms with van der Waals surface area (Å²) in [7, 11) is 1.88. The lowest BCUT2D eigenvalue weighted by Gasteiger charge is -2.20. The highest BCUT2D eigenvalue weighted by atomic mass is 16.5. The Morgan fingerprint density at radius 3 is 2.81 bits per heavy atom. The lowest BCUT2D eigenvalue weighted by molar-refractivity contribution is 0.0334. The van der Waals surface area contributed by atoms with Crippen LogP contribution in [0.1, 0.15) is 42.0 Å². The number of aryl methyl sites for hydroxylation is 2. The lowest BCUT2D eigenvalue weighted by atomic mass is 10.1. The predicted molar refractivity (Wildman–Crippen MR) is 122 cm³/mol. The van der Waals surface area contributed by atoms with E-state index in [4.69, 9.17) is 10.1 Å². The molecular formula is C24H26N4O3. The molecule has 0 amide bonds. The molecule has 0 saturated heterocycles. The third kappa shape index (κ3) is 3.67. The van der Waals surface area contributed by atoms with Crippen molar-refractivity contribution in [1.29, 1.82) is 5.41 Å². The first-order valence-corrected chi connectivity index (χ1v) is 10.3. The topological polar surface area (TPSA) is 91.4 Å². The second kappa shape index (κ2) is 7.91. The number of amidine groups is 1. The Hall–Kier alpha value is -3.61. The summed E-state index contributed by atoms with van der Waals surface area (Å²) in [6.07, 6.45) is 0.570. The Kier molecular flexibility index (Phi) is 5.27. The number of hydrogen-bond donors (Lipinski definition) is 2. The highest BCUT2D eigenvalue weighted by Crippen LogP contribution is 2.32. The highest BCUT2D eigenvalue weighted by molar-refractivity contribution is 6.30. The van der Waals surface area contributed by atoms with Crippen molar-refractivity contribution in [2.45, 2.75) is 33.3 Å². The third-order valence-electron chi connectivity index (χ3n) is 5.64. The van der Waals surface area contributed by atoms with Gasteiger partial charge in [0, 0.05) is 12.7 Å². The summed E-state index contributed by atoms with van der Waals surface area (Å²) in [5.41, 5.74) is 4.29. The van der Waals surface area contributed by atoms with Gasteiger partial charge in [-0.15, -0.1) is 0 Å². The fourth-order valence-electron chi connectivity index (χ4n) is 3.70. The molecule has 0 saturated carbocycles. The van der Waals surface area contributed by atoms with Crippen LogP contribution < -0.4 is 4.90 Å². The van der Waals surface area contributed by atoms with Gasteiger partial charge in [-0.25, -0.2) is 9.78 Å². The van der Waals surface area contributed by atoms with Gasteiger partial charge in [0.1, 0.15) is 17.4 Å². The van der Waals surface area contributed by atoms with Gasteiger partial charge in [-0.3, -0.25) is 5.41 Å². The molecule has 7 nitrogen and oxygen atoms in total. The quantitative estimate of drug-likeness (QED) is 0.591. The molecule has 2 heterocycles. The third-order valence-corrected chi connectivity index (χ3v) is 5.64. The molecule has 0 spiro atoms. The van der Waals surface area contributed by atoms with E-state index in [0.29, 0.717) is 22.6 Å². The Morgan fingerprint density at radius 2 is 2.06 bits per heavy atom. The van der Waals surface area contributed by atoms with Gasteiger partial charge < -0.3 is 19.3 Å².